The second-order valence-corrected chi connectivity index (χ2v) is 2.64. The second kappa shape index (κ2) is 4.86. The molecule has 0 unspecified atom stereocenters. The Morgan fingerprint density at radius 1 is 1.47 bits per heavy atom. The van der Waals surface area contributed by atoms with Gasteiger partial charge in [-0.05, 0) is 18.2 Å². The van der Waals surface area contributed by atoms with Crippen molar-refractivity contribution in [3.05, 3.63) is 23.8 Å². The van der Waals surface area contributed by atoms with Crippen molar-refractivity contribution >= 4 is 11.8 Å². The van der Waals surface area contributed by atoms with Crippen LogP contribution in [0.3, 0.4) is 0 Å². The Labute approximate surface area is 87.2 Å². The number of hydrogen-bond acceptors (Lipinski definition) is 4. The number of amides is 1. The monoisotopic (exact) mass is 206 g/mol. The van der Waals surface area contributed by atoms with E-state index in [9.17, 15) is 4.79 Å². The van der Waals surface area contributed by atoms with Gasteiger partial charge in [-0.1, -0.05) is 0 Å². The molecule has 0 saturated carbocycles. The van der Waals surface area contributed by atoms with Gasteiger partial charge in [0.25, 0.3) is 0 Å². The summed E-state index contributed by atoms with van der Waals surface area (Å²) >= 11 is 0. The average Bonchev–Trinajstić information content (AvgIpc) is 2.29. The minimum Gasteiger partial charge on any atom is -0.497 e. The van der Waals surface area contributed by atoms with Gasteiger partial charge in [0.05, 0.1) is 25.5 Å². The Morgan fingerprint density at radius 3 is 2.73 bits per heavy atom. The van der Waals surface area contributed by atoms with Crippen molar-refractivity contribution in [3.63, 3.8) is 0 Å². The summed E-state index contributed by atoms with van der Waals surface area (Å²) in [5, 5.41) is 11.2. The van der Waals surface area contributed by atoms with Crippen LogP contribution in [0.4, 0.5) is 10.5 Å². The Hall–Kier alpha value is -2.22. The number of anilines is 1. The zero-order valence-electron chi connectivity index (χ0n) is 8.40. The van der Waals surface area contributed by atoms with E-state index in [4.69, 9.17) is 10.00 Å². The molecule has 0 radical (unpaired) electrons. The fraction of sp³-hybridized carbons (Fsp3) is 0.200. The molecule has 0 bridgehead atoms. The Morgan fingerprint density at radius 2 is 2.20 bits per heavy atom. The molecule has 1 aromatic rings. The first-order valence-corrected chi connectivity index (χ1v) is 4.14. The average molecular weight is 206 g/mol. The zero-order valence-corrected chi connectivity index (χ0v) is 8.40. The van der Waals surface area contributed by atoms with Crippen LogP contribution < -0.4 is 10.1 Å². The molecule has 15 heavy (non-hydrogen) atoms. The molecular weight excluding hydrogens is 196 g/mol. The molecule has 0 aromatic heterocycles. The summed E-state index contributed by atoms with van der Waals surface area (Å²) in [6.07, 6.45) is -0.614. The van der Waals surface area contributed by atoms with Gasteiger partial charge in [-0.3, -0.25) is 5.32 Å². The number of carbonyl (C=O) groups excluding carboxylic acids is 1. The molecule has 0 aliphatic rings. The lowest BCUT2D eigenvalue weighted by Crippen LogP contribution is -2.11. The maximum atomic E-state index is 10.9. The van der Waals surface area contributed by atoms with Crippen LogP contribution in [0.1, 0.15) is 5.56 Å². The molecule has 5 heteroatoms. The summed E-state index contributed by atoms with van der Waals surface area (Å²) in [5.41, 5.74) is 0.713. The molecule has 5 nitrogen and oxygen atoms in total. The summed E-state index contributed by atoms with van der Waals surface area (Å²) < 4.78 is 9.37. The molecule has 1 aromatic carbocycles. The number of carbonyl (C=O) groups is 1. The topological polar surface area (TPSA) is 71.3 Å². The minimum atomic E-state index is -0.614. The fourth-order valence-corrected chi connectivity index (χ4v) is 1.01. The first-order valence-electron chi connectivity index (χ1n) is 4.14. The van der Waals surface area contributed by atoms with Gasteiger partial charge >= 0.3 is 6.09 Å². The smallest absolute Gasteiger partial charge is 0.411 e. The van der Waals surface area contributed by atoms with Gasteiger partial charge in [0, 0.05) is 0 Å². The molecule has 0 spiro atoms. The van der Waals surface area contributed by atoms with Crippen LogP contribution in [0.2, 0.25) is 0 Å². The highest BCUT2D eigenvalue weighted by Gasteiger charge is 2.07. The predicted molar refractivity (Wildman–Crippen MR) is 53.7 cm³/mol. The Kier molecular flexibility index (Phi) is 3.52. The number of nitriles is 1. The van der Waals surface area contributed by atoms with E-state index in [-0.39, 0.29) is 0 Å². The zero-order chi connectivity index (χ0) is 11.3. The lowest BCUT2D eigenvalue weighted by atomic mass is 10.2. The minimum absolute atomic E-state index is 0.319. The highest BCUT2D eigenvalue weighted by molar-refractivity contribution is 5.86. The van der Waals surface area contributed by atoms with E-state index in [0.717, 1.165) is 0 Å². The molecule has 1 N–H and O–H groups in total. The van der Waals surface area contributed by atoms with Crippen molar-refractivity contribution in [2.45, 2.75) is 0 Å². The van der Waals surface area contributed by atoms with Crippen molar-refractivity contribution in [3.8, 4) is 11.8 Å². The van der Waals surface area contributed by atoms with Gasteiger partial charge in [0.15, 0.2) is 0 Å². The van der Waals surface area contributed by atoms with E-state index in [0.29, 0.717) is 17.0 Å². The molecule has 1 amide bonds. The number of rotatable bonds is 2. The quantitative estimate of drug-likeness (QED) is 0.800. The number of ether oxygens (including phenoxy) is 2. The summed E-state index contributed by atoms with van der Waals surface area (Å²) in [5.74, 6) is 0.557. The number of nitrogens with one attached hydrogen (secondary N) is 1. The SMILES string of the molecule is COC(=O)Nc1ccc(OC)cc1C#N. The largest absolute Gasteiger partial charge is 0.497 e. The lowest BCUT2D eigenvalue weighted by molar-refractivity contribution is 0.187. The number of hydrogen-bond donors (Lipinski definition) is 1. The summed E-state index contributed by atoms with van der Waals surface area (Å²) in [4.78, 5) is 10.9. The molecule has 0 atom stereocenters. The van der Waals surface area contributed by atoms with Crippen molar-refractivity contribution in [2.24, 2.45) is 0 Å². The molecule has 0 fully saturated rings. The van der Waals surface area contributed by atoms with Crippen LogP contribution in [0.25, 0.3) is 0 Å². The molecule has 0 saturated heterocycles. The first kappa shape index (κ1) is 10.9. The predicted octanol–water partition coefficient (Wildman–Crippen LogP) is 1.75. The van der Waals surface area contributed by atoms with Gasteiger partial charge < -0.3 is 9.47 Å². The van der Waals surface area contributed by atoms with Gasteiger partial charge in [-0.15, -0.1) is 0 Å². The van der Waals surface area contributed by atoms with E-state index in [1.54, 1.807) is 12.1 Å². The van der Waals surface area contributed by atoms with Gasteiger partial charge in [0.2, 0.25) is 0 Å². The van der Waals surface area contributed by atoms with Crippen LogP contribution in [0, 0.1) is 11.3 Å². The highest BCUT2D eigenvalue weighted by atomic mass is 16.5. The molecule has 1 rings (SSSR count). The first-order chi connectivity index (χ1) is 7.21. The Bertz CT molecular complexity index is 410. The maximum Gasteiger partial charge on any atom is 0.411 e. The van der Waals surface area contributed by atoms with E-state index in [1.165, 1.54) is 20.3 Å². The van der Waals surface area contributed by atoms with Crippen molar-refractivity contribution in [2.75, 3.05) is 19.5 Å². The number of benzene rings is 1. The molecule has 78 valence electrons. The van der Waals surface area contributed by atoms with Crippen LogP contribution in [0.15, 0.2) is 18.2 Å². The second-order valence-electron chi connectivity index (χ2n) is 2.64. The molecule has 0 heterocycles. The third-order valence-electron chi connectivity index (χ3n) is 1.77. The highest BCUT2D eigenvalue weighted by Crippen LogP contribution is 2.21. The molecule has 0 aliphatic heterocycles. The van der Waals surface area contributed by atoms with Crippen molar-refractivity contribution in [1.82, 2.24) is 0 Å². The van der Waals surface area contributed by atoms with Gasteiger partial charge in [0.1, 0.15) is 11.8 Å². The Balaban J connectivity index is 2.99. The number of methoxy groups -OCH3 is 2. The molecule has 0 aliphatic carbocycles. The van der Waals surface area contributed by atoms with E-state index in [1.807, 2.05) is 6.07 Å². The summed E-state index contributed by atoms with van der Waals surface area (Å²) in [7, 11) is 2.76. The van der Waals surface area contributed by atoms with Crippen molar-refractivity contribution < 1.29 is 14.3 Å². The lowest BCUT2D eigenvalue weighted by Gasteiger charge is -2.06. The van der Waals surface area contributed by atoms with Crippen molar-refractivity contribution in [1.29, 1.82) is 5.26 Å². The van der Waals surface area contributed by atoms with Crippen LogP contribution in [-0.4, -0.2) is 20.3 Å². The van der Waals surface area contributed by atoms with Gasteiger partial charge in [-0.25, -0.2) is 4.79 Å². The maximum absolute atomic E-state index is 10.9. The van der Waals surface area contributed by atoms with Crippen LogP contribution in [0.5, 0.6) is 5.75 Å². The summed E-state index contributed by atoms with van der Waals surface area (Å²) in [6, 6.07) is 6.71. The molecular formula is C10H10N2O3. The summed E-state index contributed by atoms with van der Waals surface area (Å²) in [6.45, 7) is 0. The normalized spacial score (nSPS) is 8.87. The fourth-order valence-electron chi connectivity index (χ4n) is 1.01. The third-order valence-corrected chi connectivity index (χ3v) is 1.77. The standard InChI is InChI=1S/C10H10N2O3/c1-14-8-3-4-9(7(5-8)6-11)12-10(13)15-2/h3-5H,1-2H3,(H,12,13). The third kappa shape index (κ3) is 2.61. The van der Waals surface area contributed by atoms with Gasteiger partial charge in [-0.2, -0.15) is 5.26 Å². The van der Waals surface area contributed by atoms with E-state index in [2.05, 4.69) is 10.1 Å². The van der Waals surface area contributed by atoms with E-state index < -0.39 is 6.09 Å². The van der Waals surface area contributed by atoms with Crippen LogP contribution >= 0.6 is 0 Å². The number of nitrogens with zero attached hydrogens (tertiary/aromatic N) is 1. The van der Waals surface area contributed by atoms with Crippen LogP contribution in [-0.2, 0) is 4.74 Å². The van der Waals surface area contributed by atoms with E-state index >= 15 is 0 Å².